The van der Waals surface area contributed by atoms with E-state index in [2.05, 4.69) is 12.2 Å². The minimum atomic E-state index is -3.56. The van der Waals surface area contributed by atoms with Crippen molar-refractivity contribution in [3.05, 3.63) is 29.8 Å². The first kappa shape index (κ1) is 22.0. The van der Waals surface area contributed by atoms with E-state index in [-0.39, 0.29) is 17.3 Å². The topological polar surface area (TPSA) is 110 Å². The van der Waals surface area contributed by atoms with Crippen molar-refractivity contribution in [3.63, 3.8) is 0 Å². The van der Waals surface area contributed by atoms with E-state index in [0.717, 1.165) is 24.8 Å². The number of ether oxygens (including phenoxy) is 1. The molecule has 0 bridgehead atoms. The Morgan fingerprint density at radius 1 is 1.15 bits per heavy atom. The number of carbonyl (C=O) groups is 2. The van der Waals surface area contributed by atoms with Crippen LogP contribution in [0.5, 0.6) is 0 Å². The first-order valence-corrected chi connectivity index (χ1v) is 10.4. The number of carboxylic acid groups (broad SMARTS) is 1. The van der Waals surface area contributed by atoms with E-state index in [9.17, 15) is 18.0 Å². The molecule has 0 aliphatic rings. The summed E-state index contributed by atoms with van der Waals surface area (Å²) >= 11 is 0. The summed E-state index contributed by atoms with van der Waals surface area (Å²) in [4.78, 5) is 23.1. The standard InChI is InChI=1S/C18H27NO6S/c1-3-4-5-6-7-16(17(20)21)19-18(22)25-12-13-26(23,24)15-10-8-14(2)9-11-15/h8-11,16H,3-7,12-13H2,1-2H3,(H,19,22)(H,20,21). The van der Waals surface area contributed by atoms with E-state index in [1.54, 1.807) is 12.1 Å². The second kappa shape index (κ2) is 10.8. The summed E-state index contributed by atoms with van der Waals surface area (Å²) in [5.74, 6) is -1.50. The van der Waals surface area contributed by atoms with Crippen LogP contribution >= 0.6 is 0 Å². The molecule has 0 aromatic heterocycles. The minimum Gasteiger partial charge on any atom is -0.480 e. The molecule has 0 saturated carbocycles. The van der Waals surface area contributed by atoms with Crippen molar-refractivity contribution in [3.8, 4) is 0 Å². The average Bonchev–Trinajstić information content (AvgIpc) is 2.57. The third kappa shape index (κ3) is 7.86. The molecule has 0 spiro atoms. The normalized spacial score (nSPS) is 12.4. The van der Waals surface area contributed by atoms with Gasteiger partial charge in [0.15, 0.2) is 9.84 Å². The van der Waals surface area contributed by atoms with Crippen molar-refractivity contribution in [1.82, 2.24) is 5.32 Å². The molecule has 0 saturated heterocycles. The zero-order valence-corrected chi connectivity index (χ0v) is 16.0. The molecule has 146 valence electrons. The van der Waals surface area contributed by atoms with Crippen molar-refractivity contribution >= 4 is 21.9 Å². The van der Waals surface area contributed by atoms with Crippen molar-refractivity contribution in [2.75, 3.05) is 12.4 Å². The monoisotopic (exact) mass is 385 g/mol. The molecule has 26 heavy (non-hydrogen) atoms. The van der Waals surface area contributed by atoms with E-state index >= 15 is 0 Å². The van der Waals surface area contributed by atoms with E-state index < -0.39 is 27.9 Å². The molecular formula is C18H27NO6S. The number of rotatable bonds is 11. The Hall–Kier alpha value is -2.09. The number of carbonyl (C=O) groups excluding carboxylic acids is 1. The lowest BCUT2D eigenvalue weighted by atomic mass is 10.1. The molecule has 1 amide bonds. The quantitative estimate of drug-likeness (QED) is 0.567. The van der Waals surface area contributed by atoms with Crippen LogP contribution in [0.3, 0.4) is 0 Å². The van der Waals surface area contributed by atoms with Gasteiger partial charge in [-0.2, -0.15) is 0 Å². The number of amides is 1. The fourth-order valence-electron chi connectivity index (χ4n) is 2.32. The van der Waals surface area contributed by atoms with Gasteiger partial charge in [-0.3, -0.25) is 0 Å². The molecule has 0 aliphatic carbocycles. The predicted molar refractivity (Wildman–Crippen MR) is 97.9 cm³/mol. The van der Waals surface area contributed by atoms with Gasteiger partial charge in [-0.15, -0.1) is 0 Å². The molecule has 8 heteroatoms. The SMILES string of the molecule is CCCCCCC(NC(=O)OCCS(=O)(=O)c1ccc(C)cc1)C(=O)O. The number of sulfone groups is 1. The second-order valence-corrected chi connectivity index (χ2v) is 8.26. The molecule has 1 atom stereocenters. The Balaban J connectivity index is 2.44. The maximum absolute atomic E-state index is 12.2. The van der Waals surface area contributed by atoms with Gasteiger partial charge in [0.2, 0.25) is 0 Å². The maximum Gasteiger partial charge on any atom is 0.407 e. The van der Waals surface area contributed by atoms with Crippen molar-refractivity contribution in [1.29, 1.82) is 0 Å². The van der Waals surface area contributed by atoms with Gasteiger partial charge in [0.25, 0.3) is 0 Å². The number of aliphatic carboxylic acids is 1. The summed E-state index contributed by atoms with van der Waals surface area (Å²) < 4.78 is 29.1. The van der Waals surface area contributed by atoms with Gasteiger partial charge in [0, 0.05) is 0 Å². The molecule has 0 heterocycles. The number of hydrogen-bond acceptors (Lipinski definition) is 5. The Bertz CT molecular complexity index is 684. The molecule has 1 unspecified atom stereocenters. The molecule has 7 nitrogen and oxygen atoms in total. The lowest BCUT2D eigenvalue weighted by Crippen LogP contribution is -2.41. The molecular weight excluding hydrogens is 358 g/mol. The molecule has 2 N–H and O–H groups in total. The van der Waals surface area contributed by atoms with Crippen molar-refractivity contribution in [2.24, 2.45) is 0 Å². The van der Waals surface area contributed by atoms with E-state index in [1.807, 2.05) is 6.92 Å². The number of alkyl carbamates (subject to hydrolysis) is 1. The highest BCUT2D eigenvalue weighted by Gasteiger charge is 2.21. The molecule has 1 rings (SSSR count). The lowest BCUT2D eigenvalue weighted by Gasteiger charge is -2.14. The molecule has 0 radical (unpaired) electrons. The summed E-state index contributed by atoms with van der Waals surface area (Å²) in [5, 5.41) is 11.4. The number of hydrogen-bond donors (Lipinski definition) is 2. The number of unbranched alkanes of at least 4 members (excludes halogenated alkanes) is 3. The van der Waals surface area contributed by atoms with Gasteiger partial charge in [-0.05, 0) is 25.5 Å². The minimum absolute atomic E-state index is 0.159. The Labute approximate surface area is 154 Å². The summed E-state index contributed by atoms with van der Waals surface area (Å²) in [5.41, 5.74) is 0.943. The van der Waals surface area contributed by atoms with Crippen molar-refractivity contribution < 1.29 is 27.9 Å². The van der Waals surface area contributed by atoms with Crippen LogP contribution in [0, 0.1) is 6.92 Å². The molecule has 0 aliphatic heterocycles. The van der Waals surface area contributed by atoms with Crippen molar-refractivity contribution in [2.45, 2.75) is 56.9 Å². The maximum atomic E-state index is 12.2. The first-order chi connectivity index (χ1) is 12.3. The third-order valence-electron chi connectivity index (χ3n) is 3.90. The highest BCUT2D eigenvalue weighted by Crippen LogP contribution is 2.12. The second-order valence-electron chi connectivity index (χ2n) is 6.15. The summed E-state index contributed by atoms with van der Waals surface area (Å²) in [6.45, 7) is 3.56. The smallest absolute Gasteiger partial charge is 0.407 e. The van der Waals surface area contributed by atoms with E-state index in [0.29, 0.717) is 12.8 Å². The number of aryl methyl sites for hydroxylation is 1. The Morgan fingerprint density at radius 3 is 2.38 bits per heavy atom. The van der Waals surface area contributed by atoms with Crippen LogP contribution in [0.25, 0.3) is 0 Å². The van der Waals surface area contributed by atoms with E-state index in [4.69, 9.17) is 9.84 Å². The summed E-state index contributed by atoms with van der Waals surface area (Å²) in [6, 6.07) is 5.35. The summed E-state index contributed by atoms with van der Waals surface area (Å²) in [7, 11) is -3.56. The zero-order chi connectivity index (χ0) is 19.6. The highest BCUT2D eigenvalue weighted by atomic mass is 32.2. The first-order valence-electron chi connectivity index (χ1n) is 8.71. The molecule has 1 aromatic rings. The van der Waals surface area contributed by atoms with Gasteiger partial charge in [-0.1, -0.05) is 50.3 Å². The Kier molecular flexibility index (Phi) is 9.12. The number of carboxylic acids is 1. The largest absolute Gasteiger partial charge is 0.480 e. The van der Waals surface area contributed by atoms with Crippen LogP contribution < -0.4 is 5.32 Å². The van der Waals surface area contributed by atoms with Gasteiger partial charge in [0.1, 0.15) is 12.6 Å². The lowest BCUT2D eigenvalue weighted by molar-refractivity contribution is -0.139. The average molecular weight is 385 g/mol. The molecule has 1 aromatic carbocycles. The molecule has 0 fully saturated rings. The van der Waals surface area contributed by atoms with Gasteiger partial charge >= 0.3 is 12.1 Å². The zero-order valence-electron chi connectivity index (χ0n) is 15.2. The van der Waals surface area contributed by atoms with Crippen LogP contribution in [0.1, 0.15) is 44.6 Å². The van der Waals surface area contributed by atoms with Crippen LogP contribution in [-0.2, 0) is 19.4 Å². The van der Waals surface area contributed by atoms with Crippen LogP contribution in [0.4, 0.5) is 4.79 Å². The number of nitrogens with one attached hydrogen (secondary N) is 1. The summed E-state index contributed by atoms with van der Waals surface area (Å²) in [6.07, 6.45) is 3.01. The highest BCUT2D eigenvalue weighted by molar-refractivity contribution is 7.91. The third-order valence-corrected chi connectivity index (χ3v) is 5.60. The van der Waals surface area contributed by atoms with Gasteiger partial charge in [0.05, 0.1) is 10.6 Å². The van der Waals surface area contributed by atoms with Gasteiger partial charge in [-0.25, -0.2) is 18.0 Å². The van der Waals surface area contributed by atoms with Crippen LogP contribution in [0.2, 0.25) is 0 Å². The van der Waals surface area contributed by atoms with Crippen LogP contribution in [-0.4, -0.2) is 44.0 Å². The Morgan fingerprint density at radius 2 is 1.81 bits per heavy atom. The number of benzene rings is 1. The van der Waals surface area contributed by atoms with Gasteiger partial charge < -0.3 is 15.2 Å². The fourth-order valence-corrected chi connectivity index (χ4v) is 3.41. The predicted octanol–water partition coefficient (Wildman–Crippen LogP) is 2.92. The van der Waals surface area contributed by atoms with E-state index in [1.165, 1.54) is 12.1 Å². The fraction of sp³-hybridized carbons (Fsp3) is 0.556. The van der Waals surface area contributed by atoms with Crippen LogP contribution in [0.15, 0.2) is 29.2 Å².